The number of amides is 2. The van der Waals surface area contributed by atoms with Crippen molar-refractivity contribution in [3.63, 3.8) is 0 Å². The molecule has 2 aliphatic rings. The summed E-state index contributed by atoms with van der Waals surface area (Å²) in [7, 11) is 0. The summed E-state index contributed by atoms with van der Waals surface area (Å²) in [4.78, 5) is 31.0. The summed E-state index contributed by atoms with van der Waals surface area (Å²) < 4.78 is 25.6. The van der Waals surface area contributed by atoms with Crippen molar-refractivity contribution in [2.45, 2.75) is 45.3 Å². The van der Waals surface area contributed by atoms with Crippen molar-refractivity contribution in [1.82, 2.24) is 9.80 Å². The van der Waals surface area contributed by atoms with Gasteiger partial charge in [0.2, 0.25) is 11.8 Å². The number of para-hydroxylation sites is 1. The molecule has 2 amide bonds. The fraction of sp³-hybridized carbons (Fsp3) is 0.520. The van der Waals surface area contributed by atoms with Gasteiger partial charge in [-0.3, -0.25) is 9.59 Å². The third-order valence-electron chi connectivity index (χ3n) is 6.23. The zero-order chi connectivity index (χ0) is 23.4. The first-order valence-electron chi connectivity index (χ1n) is 11.6. The van der Waals surface area contributed by atoms with E-state index in [1.807, 2.05) is 25.3 Å². The Labute approximate surface area is 198 Å². The number of nitrogens with zero attached hydrogens (tertiary/aromatic N) is 2. The lowest BCUT2D eigenvalue weighted by molar-refractivity contribution is -0.145. The Balaban J connectivity index is 1.50. The van der Waals surface area contributed by atoms with E-state index in [1.165, 1.54) is 10.9 Å². The van der Waals surface area contributed by atoms with Crippen molar-refractivity contribution in [2.75, 3.05) is 32.8 Å². The number of thiophene rings is 1. The monoisotopic (exact) mass is 474 g/mol. The molecule has 1 fully saturated rings. The molecule has 0 unspecified atom stereocenters. The van der Waals surface area contributed by atoms with Gasteiger partial charge in [0.05, 0.1) is 18.7 Å². The standard InChI is InChI=1S/C25H31FN2O4S/c1-17(2)25(30)27(14-18-6-5-12-31-18)15-24(29)28-11-9-23-19(10-13-33-23)21(28)16-32-22-8-4-3-7-20(22)26/h3-4,7-8,10,13,17-18,21H,5-6,9,11-12,14-16H2,1-2H3/t18-,21+/m0/s1. The summed E-state index contributed by atoms with van der Waals surface area (Å²) in [5.74, 6) is -0.638. The minimum atomic E-state index is -0.429. The van der Waals surface area contributed by atoms with Crippen LogP contribution >= 0.6 is 11.3 Å². The number of carbonyl (C=O) groups excluding carboxylic acids is 2. The highest BCUT2D eigenvalue weighted by Crippen LogP contribution is 2.34. The Morgan fingerprint density at radius 1 is 1.30 bits per heavy atom. The number of rotatable bonds is 8. The highest BCUT2D eigenvalue weighted by atomic mass is 32.1. The molecule has 0 N–H and O–H groups in total. The Hall–Kier alpha value is -2.45. The Bertz CT molecular complexity index is 973. The molecule has 0 spiro atoms. The first kappa shape index (κ1) is 23.7. The molecule has 33 heavy (non-hydrogen) atoms. The molecule has 1 saturated heterocycles. The quantitative estimate of drug-likeness (QED) is 0.579. The molecule has 2 aromatic rings. The summed E-state index contributed by atoms with van der Waals surface area (Å²) >= 11 is 1.66. The average Bonchev–Trinajstić information content (AvgIpc) is 3.49. The third-order valence-corrected chi connectivity index (χ3v) is 7.22. The van der Waals surface area contributed by atoms with Gasteiger partial charge in [-0.25, -0.2) is 4.39 Å². The van der Waals surface area contributed by atoms with Crippen LogP contribution in [0.15, 0.2) is 35.7 Å². The number of fused-ring (bicyclic) bond motifs is 1. The molecular weight excluding hydrogens is 443 g/mol. The lowest BCUT2D eigenvalue weighted by Gasteiger charge is -2.37. The van der Waals surface area contributed by atoms with E-state index in [0.717, 1.165) is 24.8 Å². The molecule has 0 saturated carbocycles. The molecule has 178 valence electrons. The second kappa shape index (κ2) is 10.7. The van der Waals surface area contributed by atoms with E-state index in [9.17, 15) is 14.0 Å². The van der Waals surface area contributed by atoms with Gasteiger partial charge in [-0.15, -0.1) is 11.3 Å². The molecule has 2 atom stereocenters. The molecule has 0 radical (unpaired) electrons. The van der Waals surface area contributed by atoms with E-state index >= 15 is 0 Å². The summed E-state index contributed by atoms with van der Waals surface area (Å²) in [5.41, 5.74) is 1.04. The van der Waals surface area contributed by atoms with Crippen molar-refractivity contribution in [3.8, 4) is 5.75 Å². The predicted molar refractivity (Wildman–Crippen MR) is 125 cm³/mol. The van der Waals surface area contributed by atoms with Crippen molar-refractivity contribution in [1.29, 1.82) is 0 Å². The number of ether oxygens (including phenoxy) is 2. The second-order valence-electron chi connectivity index (χ2n) is 8.90. The van der Waals surface area contributed by atoms with E-state index in [2.05, 4.69) is 0 Å². The highest BCUT2D eigenvalue weighted by molar-refractivity contribution is 7.10. The normalized spacial score (nSPS) is 20.1. The van der Waals surface area contributed by atoms with E-state index in [1.54, 1.807) is 39.3 Å². The van der Waals surface area contributed by atoms with Crippen LogP contribution in [0.3, 0.4) is 0 Å². The number of carbonyl (C=O) groups is 2. The molecule has 0 bridgehead atoms. The molecule has 3 heterocycles. The molecule has 8 heteroatoms. The Kier molecular flexibility index (Phi) is 7.65. The highest BCUT2D eigenvalue weighted by Gasteiger charge is 2.34. The predicted octanol–water partition coefficient (Wildman–Crippen LogP) is 4.06. The van der Waals surface area contributed by atoms with Gasteiger partial charge >= 0.3 is 0 Å². The maximum atomic E-state index is 14.1. The lowest BCUT2D eigenvalue weighted by Crippen LogP contribution is -2.50. The fourth-order valence-electron chi connectivity index (χ4n) is 4.49. The van der Waals surface area contributed by atoms with Gasteiger partial charge in [0.15, 0.2) is 11.6 Å². The Morgan fingerprint density at radius 2 is 2.12 bits per heavy atom. The molecule has 2 aliphatic heterocycles. The molecule has 4 rings (SSSR count). The van der Waals surface area contributed by atoms with Gasteiger partial charge < -0.3 is 19.3 Å². The lowest BCUT2D eigenvalue weighted by atomic mass is 10.00. The maximum absolute atomic E-state index is 14.1. The first-order chi connectivity index (χ1) is 15.9. The van der Waals surface area contributed by atoms with Gasteiger partial charge in [-0.1, -0.05) is 26.0 Å². The summed E-state index contributed by atoms with van der Waals surface area (Å²) in [5, 5.41) is 2.01. The molecular formula is C25H31FN2O4S. The average molecular weight is 475 g/mol. The van der Waals surface area contributed by atoms with E-state index < -0.39 is 5.82 Å². The minimum absolute atomic E-state index is 0.00649. The van der Waals surface area contributed by atoms with Crippen molar-refractivity contribution in [3.05, 3.63) is 52.0 Å². The van der Waals surface area contributed by atoms with Gasteiger partial charge in [-0.05, 0) is 48.4 Å². The van der Waals surface area contributed by atoms with E-state index in [-0.39, 0.29) is 48.8 Å². The van der Waals surface area contributed by atoms with Crippen molar-refractivity contribution < 1.29 is 23.5 Å². The van der Waals surface area contributed by atoms with Crippen LogP contribution in [0.2, 0.25) is 0 Å². The largest absolute Gasteiger partial charge is 0.488 e. The summed E-state index contributed by atoms with van der Waals surface area (Å²) in [6.45, 7) is 5.52. The third kappa shape index (κ3) is 5.55. The zero-order valence-corrected chi connectivity index (χ0v) is 20.0. The number of hydrogen-bond donors (Lipinski definition) is 0. The van der Waals surface area contributed by atoms with Crippen LogP contribution in [0.4, 0.5) is 4.39 Å². The van der Waals surface area contributed by atoms with Crippen LogP contribution < -0.4 is 4.74 Å². The van der Waals surface area contributed by atoms with Gasteiger partial charge in [0, 0.05) is 30.5 Å². The molecule has 0 aliphatic carbocycles. The van der Waals surface area contributed by atoms with Crippen LogP contribution in [0, 0.1) is 11.7 Å². The summed E-state index contributed by atoms with van der Waals surface area (Å²) in [6, 6.07) is 7.96. The van der Waals surface area contributed by atoms with Crippen molar-refractivity contribution in [2.24, 2.45) is 5.92 Å². The summed E-state index contributed by atoms with van der Waals surface area (Å²) in [6.07, 6.45) is 2.62. The van der Waals surface area contributed by atoms with Crippen LogP contribution in [-0.4, -0.2) is 60.6 Å². The van der Waals surface area contributed by atoms with E-state index in [4.69, 9.17) is 9.47 Å². The van der Waals surface area contributed by atoms with Crippen LogP contribution in [0.5, 0.6) is 5.75 Å². The molecule has 1 aromatic carbocycles. The van der Waals surface area contributed by atoms with Crippen molar-refractivity contribution >= 4 is 23.2 Å². The topological polar surface area (TPSA) is 59.1 Å². The Morgan fingerprint density at radius 3 is 2.85 bits per heavy atom. The maximum Gasteiger partial charge on any atom is 0.242 e. The fourth-order valence-corrected chi connectivity index (χ4v) is 5.42. The first-order valence-corrected chi connectivity index (χ1v) is 12.5. The smallest absolute Gasteiger partial charge is 0.242 e. The van der Waals surface area contributed by atoms with Crippen LogP contribution in [0.1, 0.15) is 43.2 Å². The van der Waals surface area contributed by atoms with E-state index in [0.29, 0.717) is 19.7 Å². The number of halogens is 1. The SMILES string of the molecule is CC(C)C(=O)N(CC(=O)N1CCc2sccc2[C@H]1COc1ccccc1F)C[C@@H]1CCCO1. The number of benzene rings is 1. The minimum Gasteiger partial charge on any atom is -0.488 e. The van der Waals surface area contributed by atoms with Crippen LogP contribution in [0.25, 0.3) is 0 Å². The van der Waals surface area contributed by atoms with Gasteiger partial charge in [-0.2, -0.15) is 0 Å². The van der Waals surface area contributed by atoms with Gasteiger partial charge in [0.1, 0.15) is 6.61 Å². The molecule has 6 nitrogen and oxygen atoms in total. The molecule has 1 aromatic heterocycles. The van der Waals surface area contributed by atoms with Gasteiger partial charge in [0.25, 0.3) is 0 Å². The number of hydrogen-bond acceptors (Lipinski definition) is 5. The van der Waals surface area contributed by atoms with Crippen LogP contribution in [-0.2, 0) is 20.7 Å². The second-order valence-corrected chi connectivity index (χ2v) is 9.90. The zero-order valence-electron chi connectivity index (χ0n) is 19.2.